The van der Waals surface area contributed by atoms with Crippen LogP contribution in [0.1, 0.15) is 16.7 Å². The number of sulfonamides is 1. The predicted octanol–water partition coefficient (Wildman–Crippen LogP) is 3.46. The third kappa shape index (κ3) is 2.56. The van der Waals surface area contributed by atoms with Crippen molar-refractivity contribution in [1.82, 2.24) is 4.98 Å². The Kier molecular flexibility index (Phi) is 3.58. The van der Waals surface area contributed by atoms with Crippen molar-refractivity contribution >= 4 is 26.6 Å². The van der Waals surface area contributed by atoms with Crippen LogP contribution in [0.5, 0.6) is 0 Å². The van der Waals surface area contributed by atoms with Gasteiger partial charge in [0.05, 0.1) is 21.7 Å². The number of hydrogen-bond acceptors (Lipinski definition) is 3. The first-order valence-electron chi connectivity index (χ1n) is 7.03. The second-order valence-electron chi connectivity index (χ2n) is 5.37. The van der Waals surface area contributed by atoms with Gasteiger partial charge in [-0.1, -0.05) is 24.3 Å². The Morgan fingerprint density at radius 3 is 2.52 bits per heavy atom. The number of nitriles is 1. The predicted molar refractivity (Wildman–Crippen MR) is 89.7 cm³/mol. The Morgan fingerprint density at radius 1 is 1.09 bits per heavy atom. The summed E-state index contributed by atoms with van der Waals surface area (Å²) >= 11 is 0. The number of aromatic amines is 1. The second-order valence-corrected chi connectivity index (χ2v) is 7.02. The number of nitrogens with one attached hydrogen (secondary N) is 2. The van der Waals surface area contributed by atoms with Crippen LogP contribution in [0.15, 0.2) is 47.5 Å². The summed E-state index contributed by atoms with van der Waals surface area (Å²) in [6.45, 7) is 3.64. The molecule has 0 fully saturated rings. The standard InChI is InChI=1S/C17H15N3O2S/c1-11-5-3-4-6-15(11)23(21,22)20-14-8-7-12(2)16-13(9-18)10-19-17(14)16/h3-8,10,19-20H,1-2H3. The van der Waals surface area contributed by atoms with Crippen LogP contribution in [0.4, 0.5) is 5.69 Å². The van der Waals surface area contributed by atoms with Gasteiger partial charge in [-0.15, -0.1) is 0 Å². The van der Waals surface area contributed by atoms with Crippen LogP contribution in [0.2, 0.25) is 0 Å². The molecule has 0 aliphatic rings. The number of H-pyrrole nitrogens is 1. The van der Waals surface area contributed by atoms with Gasteiger partial charge in [0.2, 0.25) is 0 Å². The molecule has 1 aromatic heterocycles. The fourth-order valence-electron chi connectivity index (χ4n) is 2.65. The third-order valence-electron chi connectivity index (χ3n) is 3.79. The first-order chi connectivity index (χ1) is 10.9. The van der Waals surface area contributed by atoms with Crippen LogP contribution in [0.25, 0.3) is 10.9 Å². The van der Waals surface area contributed by atoms with Gasteiger partial charge in [0.15, 0.2) is 0 Å². The molecule has 0 aliphatic heterocycles. The molecule has 0 saturated carbocycles. The van der Waals surface area contributed by atoms with E-state index in [0.717, 1.165) is 10.9 Å². The molecule has 116 valence electrons. The molecule has 0 unspecified atom stereocenters. The summed E-state index contributed by atoms with van der Waals surface area (Å²) < 4.78 is 27.9. The Labute approximate surface area is 134 Å². The molecule has 0 saturated heterocycles. The molecule has 23 heavy (non-hydrogen) atoms. The lowest BCUT2D eigenvalue weighted by Gasteiger charge is -2.12. The van der Waals surface area contributed by atoms with Gasteiger partial charge in [-0.3, -0.25) is 4.72 Å². The van der Waals surface area contributed by atoms with Gasteiger partial charge < -0.3 is 4.98 Å². The fourth-order valence-corrected chi connectivity index (χ4v) is 3.97. The monoisotopic (exact) mass is 325 g/mol. The van der Waals surface area contributed by atoms with E-state index in [9.17, 15) is 13.7 Å². The summed E-state index contributed by atoms with van der Waals surface area (Å²) in [5.41, 5.74) is 3.12. The lowest BCUT2D eigenvalue weighted by Crippen LogP contribution is -2.14. The number of aryl methyl sites for hydroxylation is 2. The highest BCUT2D eigenvalue weighted by Crippen LogP contribution is 2.30. The molecule has 2 aromatic carbocycles. The molecule has 0 spiro atoms. The van der Waals surface area contributed by atoms with Crippen molar-refractivity contribution in [1.29, 1.82) is 5.26 Å². The molecule has 1 heterocycles. The Morgan fingerprint density at radius 2 is 1.83 bits per heavy atom. The summed E-state index contributed by atoms with van der Waals surface area (Å²) in [7, 11) is -3.70. The Hall–Kier alpha value is -2.78. The molecule has 2 N–H and O–H groups in total. The normalized spacial score (nSPS) is 11.3. The van der Waals surface area contributed by atoms with Crippen molar-refractivity contribution in [3.05, 3.63) is 59.3 Å². The van der Waals surface area contributed by atoms with Crippen molar-refractivity contribution in [2.75, 3.05) is 4.72 Å². The summed E-state index contributed by atoms with van der Waals surface area (Å²) in [5, 5.41) is 9.91. The zero-order valence-electron chi connectivity index (χ0n) is 12.7. The van der Waals surface area contributed by atoms with Gasteiger partial charge >= 0.3 is 0 Å². The zero-order valence-corrected chi connectivity index (χ0v) is 13.5. The van der Waals surface area contributed by atoms with Crippen molar-refractivity contribution < 1.29 is 8.42 Å². The number of anilines is 1. The summed E-state index contributed by atoms with van der Waals surface area (Å²) in [4.78, 5) is 3.22. The summed E-state index contributed by atoms with van der Waals surface area (Å²) in [6.07, 6.45) is 1.59. The van der Waals surface area contributed by atoms with E-state index in [2.05, 4.69) is 15.8 Å². The average molecular weight is 325 g/mol. The van der Waals surface area contributed by atoms with Crippen molar-refractivity contribution in [3.8, 4) is 6.07 Å². The molecular formula is C17H15N3O2S. The minimum atomic E-state index is -3.70. The molecule has 0 radical (unpaired) electrons. The molecular weight excluding hydrogens is 310 g/mol. The number of rotatable bonds is 3. The SMILES string of the molecule is Cc1ccccc1S(=O)(=O)Nc1ccc(C)c2c(C#N)c[nH]c12. The van der Waals surface area contributed by atoms with E-state index < -0.39 is 10.0 Å². The lowest BCUT2D eigenvalue weighted by atomic mass is 10.1. The number of fused-ring (bicyclic) bond motifs is 1. The van der Waals surface area contributed by atoms with E-state index in [1.807, 2.05) is 6.92 Å². The minimum absolute atomic E-state index is 0.237. The smallest absolute Gasteiger partial charge is 0.262 e. The maximum absolute atomic E-state index is 12.6. The van der Waals surface area contributed by atoms with E-state index in [1.165, 1.54) is 0 Å². The maximum atomic E-state index is 12.6. The average Bonchev–Trinajstić information content (AvgIpc) is 2.95. The number of benzene rings is 2. The van der Waals surface area contributed by atoms with Gasteiger partial charge in [0.1, 0.15) is 6.07 Å². The van der Waals surface area contributed by atoms with Gasteiger partial charge in [-0.05, 0) is 37.1 Å². The van der Waals surface area contributed by atoms with E-state index in [-0.39, 0.29) is 4.90 Å². The molecule has 0 amide bonds. The van der Waals surface area contributed by atoms with Gasteiger partial charge in [-0.2, -0.15) is 5.26 Å². The van der Waals surface area contributed by atoms with Gasteiger partial charge in [-0.25, -0.2) is 8.42 Å². The molecule has 3 rings (SSSR count). The molecule has 5 nitrogen and oxygen atoms in total. The molecule has 0 aliphatic carbocycles. The highest BCUT2D eigenvalue weighted by Gasteiger charge is 2.19. The van der Waals surface area contributed by atoms with E-state index in [1.54, 1.807) is 49.5 Å². The topological polar surface area (TPSA) is 85.8 Å². The molecule has 3 aromatic rings. The van der Waals surface area contributed by atoms with Crippen LogP contribution in [-0.2, 0) is 10.0 Å². The molecule has 0 atom stereocenters. The first kappa shape index (κ1) is 15.1. The quantitative estimate of drug-likeness (QED) is 0.773. The molecule has 0 bridgehead atoms. The van der Waals surface area contributed by atoms with Crippen LogP contribution in [0, 0.1) is 25.2 Å². The third-order valence-corrected chi connectivity index (χ3v) is 5.32. The highest BCUT2D eigenvalue weighted by molar-refractivity contribution is 7.92. The Balaban J connectivity index is 2.13. The molecule has 6 heteroatoms. The van der Waals surface area contributed by atoms with Gasteiger partial charge in [0.25, 0.3) is 10.0 Å². The van der Waals surface area contributed by atoms with Crippen LogP contribution >= 0.6 is 0 Å². The number of hydrogen-bond donors (Lipinski definition) is 2. The van der Waals surface area contributed by atoms with E-state index >= 15 is 0 Å². The number of nitrogens with zero attached hydrogens (tertiary/aromatic N) is 1. The van der Waals surface area contributed by atoms with Crippen molar-refractivity contribution in [2.24, 2.45) is 0 Å². The van der Waals surface area contributed by atoms with Crippen molar-refractivity contribution in [3.63, 3.8) is 0 Å². The van der Waals surface area contributed by atoms with E-state index in [4.69, 9.17) is 0 Å². The van der Waals surface area contributed by atoms with Crippen LogP contribution in [-0.4, -0.2) is 13.4 Å². The second kappa shape index (κ2) is 5.45. The minimum Gasteiger partial charge on any atom is -0.358 e. The van der Waals surface area contributed by atoms with E-state index in [0.29, 0.717) is 22.3 Å². The zero-order chi connectivity index (χ0) is 16.6. The fraction of sp³-hybridized carbons (Fsp3) is 0.118. The first-order valence-corrected chi connectivity index (χ1v) is 8.51. The summed E-state index contributed by atoms with van der Waals surface area (Å²) in [6, 6.07) is 12.4. The Bertz CT molecular complexity index is 1040. The van der Waals surface area contributed by atoms with Crippen LogP contribution < -0.4 is 4.72 Å². The lowest BCUT2D eigenvalue weighted by molar-refractivity contribution is 0.600. The van der Waals surface area contributed by atoms with Gasteiger partial charge in [0, 0.05) is 11.6 Å². The maximum Gasteiger partial charge on any atom is 0.262 e. The highest BCUT2D eigenvalue weighted by atomic mass is 32.2. The summed E-state index contributed by atoms with van der Waals surface area (Å²) in [5.74, 6) is 0. The van der Waals surface area contributed by atoms with Crippen molar-refractivity contribution in [2.45, 2.75) is 18.7 Å². The van der Waals surface area contributed by atoms with Crippen LogP contribution in [0.3, 0.4) is 0 Å². The largest absolute Gasteiger partial charge is 0.358 e. The number of aromatic nitrogens is 1.